The summed E-state index contributed by atoms with van der Waals surface area (Å²) in [5, 5.41) is 9.16. The number of aromatic nitrogens is 2. The minimum Gasteiger partial charge on any atom is -0.486 e. The lowest BCUT2D eigenvalue weighted by atomic mass is 10.2. The molecule has 5 heteroatoms. The van der Waals surface area contributed by atoms with Gasteiger partial charge in [0.25, 0.3) is 0 Å². The van der Waals surface area contributed by atoms with Gasteiger partial charge in [-0.3, -0.25) is 0 Å². The highest BCUT2D eigenvalue weighted by Gasteiger charge is 2.05. The van der Waals surface area contributed by atoms with Crippen molar-refractivity contribution in [3.8, 4) is 11.8 Å². The van der Waals surface area contributed by atoms with Gasteiger partial charge in [-0.25, -0.2) is 9.97 Å². The monoisotopic (exact) mass is 245 g/mol. The topological polar surface area (TPSA) is 58.8 Å². The van der Waals surface area contributed by atoms with Gasteiger partial charge in [-0.2, -0.15) is 5.26 Å². The SMILES string of the molecule is N#Cc1ncccc1COc1cccnc1Cl. The van der Waals surface area contributed by atoms with Crippen LogP contribution in [0.1, 0.15) is 11.3 Å². The molecule has 0 unspecified atom stereocenters. The first kappa shape index (κ1) is 11.4. The Balaban J connectivity index is 2.13. The summed E-state index contributed by atoms with van der Waals surface area (Å²) in [5.74, 6) is 0.488. The molecular weight excluding hydrogens is 238 g/mol. The largest absolute Gasteiger partial charge is 0.486 e. The molecule has 0 saturated heterocycles. The summed E-state index contributed by atoms with van der Waals surface area (Å²) >= 11 is 5.85. The summed E-state index contributed by atoms with van der Waals surface area (Å²) in [6.45, 7) is 0.238. The fourth-order valence-corrected chi connectivity index (χ4v) is 1.46. The van der Waals surface area contributed by atoms with E-state index in [1.807, 2.05) is 6.07 Å². The van der Waals surface area contributed by atoms with Crippen LogP contribution in [0.2, 0.25) is 5.15 Å². The molecule has 0 amide bonds. The molecule has 0 N–H and O–H groups in total. The third-order valence-electron chi connectivity index (χ3n) is 2.11. The van der Waals surface area contributed by atoms with Gasteiger partial charge >= 0.3 is 0 Å². The highest BCUT2D eigenvalue weighted by molar-refractivity contribution is 6.30. The fourth-order valence-electron chi connectivity index (χ4n) is 1.29. The van der Waals surface area contributed by atoms with Crippen molar-refractivity contribution in [3.05, 3.63) is 53.1 Å². The molecule has 0 saturated carbocycles. The standard InChI is InChI=1S/C12H8ClN3O/c13-12-11(4-2-6-16-12)17-8-9-3-1-5-15-10(9)7-14/h1-6H,8H2. The van der Waals surface area contributed by atoms with E-state index in [0.717, 1.165) is 5.56 Å². The lowest BCUT2D eigenvalue weighted by Crippen LogP contribution is -2.00. The second-order valence-electron chi connectivity index (χ2n) is 3.20. The van der Waals surface area contributed by atoms with Gasteiger partial charge in [-0.1, -0.05) is 17.7 Å². The number of hydrogen-bond acceptors (Lipinski definition) is 4. The molecule has 0 atom stereocenters. The molecule has 0 radical (unpaired) electrons. The Morgan fingerprint density at radius 3 is 2.76 bits per heavy atom. The van der Waals surface area contributed by atoms with Crippen LogP contribution < -0.4 is 4.74 Å². The Bertz CT molecular complexity index is 566. The molecule has 0 aliphatic heterocycles. The Morgan fingerprint density at radius 2 is 2.00 bits per heavy atom. The predicted molar refractivity (Wildman–Crippen MR) is 62.5 cm³/mol. The summed E-state index contributed by atoms with van der Waals surface area (Å²) in [7, 11) is 0. The third-order valence-corrected chi connectivity index (χ3v) is 2.39. The Labute approximate surface area is 103 Å². The Morgan fingerprint density at radius 1 is 1.24 bits per heavy atom. The Kier molecular flexibility index (Phi) is 3.53. The van der Waals surface area contributed by atoms with E-state index in [2.05, 4.69) is 9.97 Å². The van der Waals surface area contributed by atoms with Crippen molar-refractivity contribution in [2.45, 2.75) is 6.61 Å². The number of ether oxygens (including phenoxy) is 1. The molecule has 84 valence electrons. The van der Waals surface area contributed by atoms with Crippen LogP contribution in [0.15, 0.2) is 36.7 Å². The summed E-state index contributed by atoms with van der Waals surface area (Å²) in [6, 6.07) is 9.00. The molecule has 2 aromatic heterocycles. The molecule has 0 spiro atoms. The van der Waals surface area contributed by atoms with Gasteiger partial charge in [-0.05, 0) is 18.2 Å². The van der Waals surface area contributed by atoms with Crippen LogP contribution in [-0.2, 0) is 6.61 Å². The number of hydrogen-bond donors (Lipinski definition) is 0. The maximum absolute atomic E-state index is 8.86. The van der Waals surface area contributed by atoms with Crippen LogP contribution in [0.3, 0.4) is 0 Å². The summed E-state index contributed by atoms with van der Waals surface area (Å²) in [6.07, 6.45) is 3.15. The molecule has 0 aliphatic rings. The predicted octanol–water partition coefficient (Wildman–Crippen LogP) is 2.58. The second-order valence-corrected chi connectivity index (χ2v) is 3.56. The number of rotatable bonds is 3. The zero-order chi connectivity index (χ0) is 12.1. The van der Waals surface area contributed by atoms with Crippen molar-refractivity contribution < 1.29 is 4.74 Å². The van der Waals surface area contributed by atoms with Crippen molar-refractivity contribution in [2.75, 3.05) is 0 Å². The molecule has 2 heterocycles. The summed E-state index contributed by atoms with van der Waals surface area (Å²) < 4.78 is 5.48. The quantitative estimate of drug-likeness (QED) is 0.780. The van der Waals surface area contributed by atoms with E-state index >= 15 is 0 Å². The maximum Gasteiger partial charge on any atom is 0.171 e. The fraction of sp³-hybridized carbons (Fsp3) is 0.0833. The first-order chi connectivity index (χ1) is 8.31. The van der Waals surface area contributed by atoms with Gasteiger partial charge in [0.15, 0.2) is 10.9 Å². The van der Waals surface area contributed by atoms with E-state index < -0.39 is 0 Å². The van der Waals surface area contributed by atoms with E-state index in [1.165, 1.54) is 0 Å². The molecule has 0 aromatic carbocycles. The van der Waals surface area contributed by atoms with Gasteiger partial charge in [-0.15, -0.1) is 0 Å². The van der Waals surface area contributed by atoms with Gasteiger partial charge in [0, 0.05) is 18.0 Å². The lowest BCUT2D eigenvalue weighted by molar-refractivity contribution is 0.304. The number of nitrogens with zero attached hydrogens (tertiary/aromatic N) is 3. The third kappa shape index (κ3) is 2.71. The van der Waals surface area contributed by atoms with Crippen molar-refractivity contribution in [3.63, 3.8) is 0 Å². The van der Waals surface area contributed by atoms with Crippen LogP contribution in [0.5, 0.6) is 5.75 Å². The van der Waals surface area contributed by atoms with Crippen LogP contribution >= 0.6 is 11.6 Å². The number of pyridine rings is 2. The van der Waals surface area contributed by atoms with E-state index in [-0.39, 0.29) is 6.61 Å². The van der Waals surface area contributed by atoms with Crippen molar-refractivity contribution in [1.29, 1.82) is 5.26 Å². The smallest absolute Gasteiger partial charge is 0.171 e. The Hall–Kier alpha value is -2.12. The lowest BCUT2D eigenvalue weighted by Gasteiger charge is -2.07. The van der Waals surface area contributed by atoms with E-state index in [1.54, 1.807) is 36.7 Å². The van der Waals surface area contributed by atoms with Crippen molar-refractivity contribution in [1.82, 2.24) is 9.97 Å². The van der Waals surface area contributed by atoms with Gasteiger partial charge in [0.2, 0.25) is 0 Å². The minimum atomic E-state index is 0.238. The zero-order valence-electron chi connectivity index (χ0n) is 8.80. The summed E-state index contributed by atoms with van der Waals surface area (Å²) in [5.41, 5.74) is 1.07. The average Bonchev–Trinajstić information content (AvgIpc) is 2.38. The van der Waals surface area contributed by atoms with Crippen LogP contribution in [0.25, 0.3) is 0 Å². The molecule has 0 fully saturated rings. The molecule has 2 aromatic rings. The normalized spacial score (nSPS) is 9.65. The van der Waals surface area contributed by atoms with Crippen molar-refractivity contribution >= 4 is 11.6 Å². The van der Waals surface area contributed by atoms with Crippen LogP contribution in [0.4, 0.5) is 0 Å². The highest BCUT2D eigenvalue weighted by atomic mass is 35.5. The zero-order valence-corrected chi connectivity index (χ0v) is 9.55. The van der Waals surface area contributed by atoms with Crippen LogP contribution in [0, 0.1) is 11.3 Å². The van der Waals surface area contributed by atoms with Crippen LogP contribution in [-0.4, -0.2) is 9.97 Å². The van der Waals surface area contributed by atoms with Gasteiger partial charge < -0.3 is 4.74 Å². The first-order valence-electron chi connectivity index (χ1n) is 4.88. The molecule has 17 heavy (non-hydrogen) atoms. The molecule has 0 aliphatic carbocycles. The highest BCUT2D eigenvalue weighted by Crippen LogP contribution is 2.21. The van der Waals surface area contributed by atoms with Gasteiger partial charge in [0.05, 0.1) is 0 Å². The second kappa shape index (κ2) is 5.28. The molecular formula is C12H8ClN3O. The molecule has 4 nitrogen and oxygen atoms in total. The molecule has 0 bridgehead atoms. The number of halogens is 1. The van der Waals surface area contributed by atoms with E-state index in [0.29, 0.717) is 16.6 Å². The number of nitriles is 1. The first-order valence-corrected chi connectivity index (χ1v) is 5.26. The average molecular weight is 246 g/mol. The maximum atomic E-state index is 8.86. The van der Waals surface area contributed by atoms with Crippen molar-refractivity contribution in [2.24, 2.45) is 0 Å². The van der Waals surface area contributed by atoms with E-state index in [4.69, 9.17) is 21.6 Å². The van der Waals surface area contributed by atoms with Gasteiger partial charge in [0.1, 0.15) is 18.4 Å². The minimum absolute atomic E-state index is 0.238. The van der Waals surface area contributed by atoms with E-state index in [9.17, 15) is 0 Å². The summed E-state index contributed by atoms with van der Waals surface area (Å²) in [4.78, 5) is 7.84. The molecule has 2 rings (SSSR count).